The predicted molar refractivity (Wildman–Crippen MR) is 99.8 cm³/mol. The van der Waals surface area contributed by atoms with E-state index in [4.69, 9.17) is 0 Å². The third-order valence-corrected chi connectivity index (χ3v) is 5.67. The molecule has 0 bridgehead atoms. The van der Waals surface area contributed by atoms with E-state index in [1.807, 2.05) is 16.5 Å². The molecule has 2 saturated heterocycles. The van der Waals surface area contributed by atoms with Crippen molar-refractivity contribution in [2.45, 2.75) is 39.7 Å². The molecular weight excluding hydrogens is 314 g/mol. The lowest BCUT2D eigenvalue weighted by atomic mass is 9.97. The molecule has 2 fully saturated rings. The molecule has 2 aliphatic heterocycles. The molecule has 3 heterocycles. The Morgan fingerprint density at radius 1 is 1.24 bits per heavy atom. The van der Waals surface area contributed by atoms with Crippen LogP contribution in [0.2, 0.25) is 0 Å². The first-order valence-corrected chi connectivity index (χ1v) is 9.81. The van der Waals surface area contributed by atoms with Crippen LogP contribution in [0.1, 0.15) is 42.2 Å². The number of carbonyl (C=O) groups excluding carboxylic acids is 1. The van der Waals surface area contributed by atoms with Crippen molar-refractivity contribution < 1.29 is 4.79 Å². The summed E-state index contributed by atoms with van der Waals surface area (Å²) in [6.07, 6.45) is 5.45. The maximum Gasteiger partial charge on any atom is 0.257 e. The molecule has 140 valence electrons. The van der Waals surface area contributed by atoms with Gasteiger partial charge in [-0.05, 0) is 45.7 Å². The van der Waals surface area contributed by atoms with E-state index in [0.29, 0.717) is 0 Å². The first kappa shape index (κ1) is 18.4. The van der Waals surface area contributed by atoms with Crippen molar-refractivity contribution in [1.29, 1.82) is 0 Å². The third-order valence-electron chi connectivity index (χ3n) is 5.67. The second kappa shape index (κ2) is 8.32. The number of rotatable bonds is 5. The minimum atomic E-state index is 0.150. The first-order valence-electron chi connectivity index (χ1n) is 9.81. The summed E-state index contributed by atoms with van der Waals surface area (Å²) in [5.41, 5.74) is 1.77. The highest BCUT2D eigenvalue weighted by Crippen LogP contribution is 2.18. The van der Waals surface area contributed by atoms with Gasteiger partial charge in [-0.2, -0.15) is 5.10 Å². The highest BCUT2D eigenvalue weighted by molar-refractivity contribution is 5.95. The standard InChI is InChI=1S/C19H33N5O/c1-4-7-24-16(2)18(13-20-24)19(25)23-11-9-22(10-12-23)15-17-6-5-8-21(3)14-17/h13,17H,4-12,14-15H2,1-3H3. The van der Waals surface area contributed by atoms with Gasteiger partial charge in [-0.15, -0.1) is 0 Å². The summed E-state index contributed by atoms with van der Waals surface area (Å²) < 4.78 is 1.95. The fourth-order valence-electron chi connectivity index (χ4n) is 4.18. The molecule has 0 radical (unpaired) electrons. The zero-order valence-electron chi connectivity index (χ0n) is 16.1. The van der Waals surface area contributed by atoms with E-state index in [0.717, 1.165) is 56.3 Å². The van der Waals surface area contributed by atoms with Gasteiger partial charge in [0, 0.05) is 51.5 Å². The maximum absolute atomic E-state index is 12.8. The van der Waals surface area contributed by atoms with E-state index in [2.05, 4.69) is 28.9 Å². The van der Waals surface area contributed by atoms with Crippen LogP contribution in [0.4, 0.5) is 0 Å². The zero-order valence-corrected chi connectivity index (χ0v) is 16.1. The van der Waals surface area contributed by atoms with Crippen LogP contribution >= 0.6 is 0 Å². The van der Waals surface area contributed by atoms with Gasteiger partial charge < -0.3 is 9.80 Å². The lowest BCUT2D eigenvalue weighted by Gasteiger charge is -2.38. The number of piperidine rings is 1. The van der Waals surface area contributed by atoms with Crippen molar-refractivity contribution in [2.75, 3.05) is 52.9 Å². The van der Waals surface area contributed by atoms with E-state index in [-0.39, 0.29) is 5.91 Å². The predicted octanol–water partition coefficient (Wildman–Crippen LogP) is 1.70. The Labute approximate surface area is 151 Å². The largest absolute Gasteiger partial charge is 0.336 e. The number of aromatic nitrogens is 2. The third kappa shape index (κ3) is 4.42. The molecule has 0 aromatic carbocycles. The number of likely N-dealkylation sites (tertiary alicyclic amines) is 1. The van der Waals surface area contributed by atoms with Gasteiger partial charge in [-0.1, -0.05) is 6.92 Å². The van der Waals surface area contributed by atoms with E-state index >= 15 is 0 Å². The van der Waals surface area contributed by atoms with Crippen molar-refractivity contribution >= 4 is 5.91 Å². The Kier molecular flexibility index (Phi) is 6.12. The van der Waals surface area contributed by atoms with Crippen LogP contribution < -0.4 is 0 Å². The molecule has 3 rings (SSSR count). The number of piperazine rings is 1. The van der Waals surface area contributed by atoms with E-state index < -0.39 is 0 Å². The van der Waals surface area contributed by atoms with E-state index in [1.54, 1.807) is 6.20 Å². The van der Waals surface area contributed by atoms with Crippen molar-refractivity contribution in [3.05, 3.63) is 17.5 Å². The molecule has 1 aromatic rings. The van der Waals surface area contributed by atoms with Crippen LogP contribution in [0.3, 0.4) is 0 Å². The van der Waals surface area contributed by atoms with Crippen LogP contribution in [0.5, 0.6) is 0 Å². The van der Waals surface area contributed by atoms with Crippen LogP contribution in [0.25, 0.3) is 0 Å². The van der Waals surface area contributed by atoms with Crippen molar-refractivity contribution in [1.82, 2.24) is 24.5 Å². The SMILES string of the molecule is CCCn1ncc(C(=O)N2CCN(CC3CCCN(C)C3)CC2)c1C. The van der Waals surface area contributed by atoms with Gasteiger partial charge in [-0.25, -0.2) is 0 Å². The molecule has 0 aliphatic carbocycles. The molecule has 6 heteroatoms. The summed E-state index contributed by atoms with van der Waals surface area (Å²) in [7, 11) is 2.23. The van der Waals surface area contributed by atoms with Crippen molar-refractivity contribution in [2.24, 2.45) is 5.92 Å². The van der Waals surface area contributed by atoms with Gasteiger partial charge in [0.25, 0.3) is 5.91 Å². The van der Waals surface area contributed by atoms with E-state index in [1.165, 1.54) is 32.5 Å². The molecule has 1 amide bonds. The average molecular weight is 348 g/mol. The Bertz CT molecular complexity index is 576. The van der Waals surface area contributed by atoms with Gasteiger partial charge in [0.2, 0.25) is 0 Å². The summed E-state index contributed by atoms with van der Waals surface area (Å²) in [4.78, 5) is 19.8. The number of amides is 1. The number of hydrogen-bond donors (Lipinski definition) is 0. The summed E-state index contributed by atoms with van der Waals surface area (Å²) in [5.74, 6) is 0.937. The average Bonchev–Trinajstić information content (AvgIpc) is 2.96. The lowest BCUT2D eigenvalue weighted by Crippen LogP contribution is -2.51. The second-order valence-electron chi connectivity index (χ2n) is 7.73. The highest BCUT2D eigenvalue weighted by Gasteiger charge is 2.27. The summed E-state index contributed by atoms with van der Waals surface area (Å²) in [6.45, 7) is 12.3. The Morgan fingerprint density at radius 2 is 2.00 bits per heavy atom. The number of carbonyl (C=O) groups is 1. The minimum Gasteiger partial charge on any atom is -0.336 e. The summed E-state index contributed by atoms with van der Waals surface area (Å²) in [6, 6.07) is 0. The normalized spacial score (nSPS) is 23.2. The molecule has 2 aliphatic rings. The van der Waals surface area contributed by atoms with Gasteiger partial charge >= 0.3 is 0 Å². The van der Waals surface area contributed by atoms with Crippen molar-refractivity contribution in [3.63, 3.8) is 0 Å². The fraction of sp³-hybridized carbons (Fsp3) is 0.789. The van der Waals surface area contributed by atoms with Crippen LogP contribution in [0, 0.1) is 12.8 Å². The Hall–Kier alpha value is -1.40. The van der Waals surface area contributed by atoms with Crippen molar-refractivity contribution in [3.8, 4) is 0 Å². The summed E-state index contributed by atoms with van der Waals surface area (Å²) >= 11 is 0. The van der Waals surface area contributed by atoms with Crippen LogP contribution in [-0.4, -0.2) is 83.2 Å². The summed E-state index contributed by atoms with van der Waals surface area (Å²) in [5, 5.41) is 4.37. The first-order chi connectivity index (χ1) is 12.1. The number of nitrogens with zero attached hydrogens (tertiary/aromatic N) is 5. The molecular formula is C19H33N5O. The number of hydrogen-bond acceptors (Lipinski definition) is 4. The molecule has 6 nitrogen and oxygen atoms in total. The van der Waals surface area contributed by atoms with Gasteiger partial charge in [0.05, 0.1) is 11.8 Å². The smallest absolute Gasteiger partial charge is 0.257 e. The molecule has 0 saturated carbocycles. The van der Waals surface area contributed by atoms with Gasteiger partial charge in [-0.3, -0.25) is 14.4 Å². The molecule has 1 unspecified atom stereocenters. The molecule has 25 heavy (non-hydrogen) atoms. The molecule has 0 spiro atoms. The van der Waals surface area contributed by atoms with Gasteiger partial charge in [0.15, 0.2) is 0 Å². The second-order valence-corrected chi connectivity index (χ2v) is 7.73. The maximum atomic E-state index is 12.8. The Morgan fingerprint density at radius 3 is 2.68 bits per heavy atom. The zero-order chi connectivity index (χ0) is 17.8. The van der Waals surface area contributed by atoms with Crippen LogP contribution in [0.15, 0.2) is 6.20 Å². The topological polar surface area (TPSA) is 44.6 Å². The number of aryl methyl sites for hydroxylation is 1. The van der Waals surface area contributed by atoms with E-state index in [9.17, 15) is 4.79 Å². The minimum absolute atomic E-state index is 0.150. The molecule has 1 aromatic heterocycles. The molecule has 0 N–H and O–H groups in total. The molecule has 1 atom stereocenters. The Balaban J connectivity index is 1.51. The monoisotopic (exact) mass is 347 g/mol. The van der Waals surface area contributed by atoms with Crippen LogP contribution in [-0.2, 0) is 6.54 Å². The quantitative estimate of drug-likeness (QED) is 0.813. The highest BCUT2D eigenvalue weighted by atomic mass is 16.2. The fourth-order valence-corrected chi connectivity index (χ4v) is 4.18. The lowest BCUT2D eigenvalue weighted by molar-refractivity contribution is 0.0587. The van der Waals surface area contributed by atoms with Gasteiger partial charge in [0.1, 0.15) is 0 Å².